The monoisotopic (exact) mass is 306 g/mol. The molecule has 0 radical (unpaired) electrons. The third-order valence-corrected chi connectivity index (χ3v) is 4.92. The molecule has 21 heavy (non-hydrogen) atoms. The van der Waals surface area contributed by atoms with Crippen LogP contribution in [0, 0.1) is 12.8 Å². The largest absolute Gasteiger partial charge is 0.367 e. The molecule has 0 aromatic carbocycles. The Hall–Kier alpha value is -1.36. The first-order valence-corrected chi connectivity index (χ1v) is 8.69. The van der Waals surface area contributed by atoms with Gasteiger partial charge >= 0.3 is 0 Å². The fraction of sp³-hybridized carbons (Fsp3) is 0.625. The maximum absolute atomic E-state index is 4.67. The maximum atomic E-state index is 4.67. The van der Waals surface area contributed by atoms with Gasteiger partial charge in [-0.2, -0.15) is 4.98 Å². The van der Waals surface area contributed by atoms with E-state index in [-0.39, 0.29) is 0 Å². The molecule has 5 heteroatoms. The van der Waals surface area contributed by atoms with Crippen molar-refractivity contribution in [1.29, 1.82) is 0 Å². The van der Waals surface area contributed by atoms with E-state index >= 15 is 0 Å². The minimum absolute atomic E-state index is 0.410. The Bertz CT molecular complexity index is 589. The van der Waals surface area contributed by atoms with Crippen molar-refractivity contribution in [3.63, 3.8) is 0 Å². The lowest BCUT2D eigenvalue weighted by atomic mass is 9.95. The average molecular weight is 306 g/mol. The van der Waals surface area contributed by atoms with Crippen LogP contribution in [0.25, 0.3) is 10.2 Å². The predicted octanol–water partition coefficient (Wildman–Crippen LogP) is 4.67. The van der Waals surface area contributed by atoms with Crippen molar-refractivity contribution in [3.05, 3.63) is 10.9 Å². The number of nitrogens with one attached hydrogen (secondary N) is 2. The van der Waals surface area contributed by atoms with E-state index in [1.165, 1.54) is 17.7 Å². The van der Waals surface area contributed by atoms with Gasteiger partial charge in [-0.1, -0.05) is 26.7 Å². The van der Waals surface area contributed by atoms with Crippen molar-refractivity contribution in [1.82, 2.24) is 9.97 Å². The minimum Gasteiger partial charge on any atom is -0.367 e. The van der Waals surface area contributed by atoms with E-state index in [1.54, 1.807) is 11.3 Å². The Kier molecular flexibility index (Phi) is 5.39. The van der Waals surface area contributed by atoms with E-state index in [0.717, 1.165) is 22.6 Å². The number of aromatic nitrogens is 2. The highest BCUT2D eigenvalue weighted by atomic mass is 32.1. The van der Waals surface area contributed by atoms with Gasteiger partial charge in [0.2, 0.25) is 5.95 Å². The molecule has 0 amide bonds. The van der Waals surface area contributed by atoms with Crippen LogP contribution in [0.3, 0.4) is 0 Å². The van der Waals surface area contributed by atoms with Crippen LogP contribution in [0.15, 0.2) is 6.07 Å². The number of hydrogen-bond donors (Lipinski definition) is 2. The molecule has 0 fully saturated rings. The first kappa shape index (κ1) is 16.0. The van der Waals surface area contributed by atoms with E-state index in [1.807, 2.05) is 0 Å². The molecule has 2 aromatic heterocycles. The van der Waals surface area contributed by atoms with Gasteiger partial charge in [-0.05, 0) is 32.8 Å². The van der Waals surface area contributed by atoms with Gasteiger partial charge in [0.25, 0.3) is 0 Å². The number of thiophene rings is 1. The summed E-state index contributed by atoms with van der Waals surface area (Å²) in [4.78, 5) is 11.6. The lowest BCUT2D eigenvalue weighted by Gasteiger charge is -2.23. The van der Waals surface area contributed by atoms with Gasteiger partial charge in [0.15, 0.2) is 0 Å². The molecule has 4 nitrogen and oxygen atoms in total. The van der Waals surface area contributed by atoms with Crippen LogP contribution in [0.4, 0.5) is 11.8 Å². The van der Waals surface area contributed by atoms with E-state index in [9.17, 15) is 0 Å². The fourth-order valence-corrected chi connectivity index (χ4v) is 3.60. The zero-order valence-electron chi connectivity index (χ0n) is 13.7. The summed E-state index contributed by atoms with van der Waals surface area (Å²) in [5.74, 6) is 2.34. The Morgan fingerprint density at radius 2 is 1.90 bits per heavy atom. The smallest absolute Gasteiger partial charge is 0.226 e. The Balaban J connectivity index is 2.36. The molecule has 0 bridgehead atoms. The van der Waals surface area contributed by atoms with E-state index < -0.39 is 0 Å². The highest BCUT2D eigenvalue weighted by Crippen LogP contribution is 2.30. The van der Waals surface area contributed by atoms with E-state index in [4.69, 9.17) is 0 Å². The van der Waals surface area contributed by atoms with Crippen LogP contribution in [-0.2, 0) is 0 Å². The number of anilines is 2. The summed E-state index contributed by atoms with van der Waals surface area (Å²) in [7, 11) is 0. The zero-order chi connectivity index (χ0) is 15.4. The van der Waals surface area contributed by atoms with Crippen molar-refractivity contribution < 1.29 is 0 Å². The molecule has 0 spiro atoms. The third kappa shape index (κ3) is 3.64. The van der Waals surface area contributed by atoms with Gasteiger partial charge in [0.1, 0.15) is 10.6 Å². The zero-order valence-corrected chi connectivity index (χ0v) is 14.5. The number of rotatable bonds is 7. The van der Waals surface area contributed by atoms with Crippen molar-refractivity contribution in [2.24, 2.45) is 5.92 Å². The van der Waals surface area contributed by atoms with Gasteiger partial charge in [-0.25, -0.2) is 4.98 Å². The van der Waals surface area contributed by atoms with Crippen molar-refractivity contribution in [3.8, 4) is 0 Å². The molecule has 0 aliphatic carbocycles. The molecule has 2 aromatic rings. The summed E-state index contributed by atoms with van der Waals surface area (Å²) in [6, 6.07) is 2.59. The lowest BCUT2D eigenvalue weighted by molar-refractivity contribution is 0.437. The third-order valence-electron chi connectivity index (χ3n) is 3.97. The summed E-state index contributed by atoms with van der Waals surface area (Å²) in [6.45, 7) is 11.8. The molecule has 0 saturated carbocycles. The molecular weight excluding hydrogens is 280 g/mol. The standard InChI is InChI=1S/C16H26N4S/c1-6-12(7-2)11(5)18-14-13-9-10(4)21-15(13)20-16(19-14)17-8-3/h9,11-12H,6-8H2,1-5H3,(H2,17,18,19,20). The first-order chi connectivity index (χ1) is 10.1. The topological polar surface area (TPSA) is 49.8 Å². The summed E-state index contributed by atoms with van der Waals surface area (Å²) in [6.07, 6.45) is 2.36. The first-order valence-electron chi connectivity index (χ1n) is 7.87. The van der Waals surface area contributed by atoms with Gasteiger partial charge < -0.3 is 10.6 Å². The molecule has 116 valence electrons. The average Bonchev–Trinajstić information content (AvgIpc) is 2.81. The summed E-state index contributed by atoms with van der Waals surface area (Å²) in [5.41, 5.74) is 0. The second kappa shape index (κ2) is 7.07. The van der Waals surface area contributed by atoms with Crippen molar-refractivity contribution >= 4 is 33.3 Å². The molecule has 0 saturated heterocycles. The van der Waals surface area contributed by atoms with Gasteiger partial charge in [-0.15, -0.1) is 11.3 Å². The summed E-state index contributed by atoms with van der Waals surface area (Å²) >= 11 is 1.72. The Labute approximate surface area is 131 Å². The SMILES string of the molecule is CCNc1nc(NC(C)C(CC)CC)c2cc(C)sc2n1. The molecule has 1 atom stereocenters. The quantitative estimate of drug-likeness (QED) is 0.780. The lowest BCUT2D eigenvalue weighted by Crippen LogP contribution is -2.25. The van der Waals surface area contributed by atoms with Crippen LogP contribution in [0.1, 0.15) is 45.4 Å². The number of fused-ring (bicyclic) bond motifs is 1. The second-order valence-electron chi connectivity index (χ2n) is 5.51. The summed E-state index contributed by atoms with van der Waals surface area (Å²) in [5, 5.41) is 7.97. The maximum Gasteiger partial charge on any atom is 0.226 e. The van der Waals surface area contributed by atoms with E-state index in [0.29, 0.717) is 17.9 Å². The number of aryl methyl sites for hydroxylation is 1. The highest BCUT2D eigenvalue weighted by Gasteiger charge is 2.17. The van der Waals surface area contributed by atoms with Crippen LogP contribution < -0.4 is 10.6 Å². The molecular formula is C16H26N4S. The molecule has 0 aliphatic heterocycles. The van der Waals surface area contributed by atoms with Gasteiger partial charge in [0, 0.05) is 17.5 Å². The number of hydrogen-bond acceptors (Lipinski definition) is 5. The van der Waals surface area contributed by atoms with Gasteiger partial charge in [0.05, 0.1) is 5.39 Å². The van der Waals surface area contributed by atoms with Crippen LogP contribution in [-0.4, -0.2) is 22.6 Å². The van der Waals surface area contributed by atoms with Crippen LogP contribution in [0.5, 0.6) is 0 Å². The molecule has 0 aliphatic rings. The minimum atomic E-state index is 0.410. The predicted molar refractivity (Wildman–Crippen MR) is 93.5 cm³/mol. The molecule has 2 heterocycles. The van der Waals surface area contributed by atoms with Crippen LogP contribution >= 0.6 is 11.3 Å². The van der Waals surface area contributed by atoms with E-state index in [2.05, 4.69) is 61.3 Å². The fourth-order valence-electron chi connectivity index (χ4n) is 2.72. The molecule has 2 rings (SSSR count). The Morgan fingerprint density at radius 3 is 2.52 bits per heavy atom. The molecule has 2 N–H and O–H groups in total. The normalized spacial score (nSPS) is 12.9. The second-order valence-corrected chi connectivity index (χ2v) is 6.75. The highest BCUT2D eigenvalue weighted by molar-refractivity contribution is 7.18. The molecule has 1 unspecified atom stereocenters. The van der Waals surface area contributed by atoms with Crippen LogP contribution in [0.2, 0.25) is 0 Å². The van der Waals surface area contributed by atoms with Gasteiger partial charge in [-0.3, -0.25) is 0 Å². The van der Waals surface area contributed by atoms with Crippen molar-refractivity contribution in [2.75, 3.05) is 17.2 Å². The van der Waals surface area contributed by atoms with Crippen molar-refractivity contribution in [2.45, 2.75) is 53.5 Å². The summed E-state index contributed by atoms with van der Waals surface area (Å²) < 4.78 is 0. The number of nitrogens with zero attached hydrogens (tertiary/aromatic N) is 2. The Morgan fingerprint density at radius 1 is 1.19 bits per heavy atom.